The Bertz CT molecular complexity index is 1020. The molecule has 1 N–H and O–H groups in total. The standard InChI is InChI=1S/C18H16FN3O3S/c19-12-6-7-14-16(10-12)26(24,25)17(15-5-3-9-22(14)15)18(23)21-11-13-4-1-2-8-20-13/h1-2,4,6-8,10H,3,5,9,11H2,(H,21,23). The van der Waals surface area contributed by atoms with E-state index in [-0.39, 0.29) is 16.3 Å². The fraction of sp³-hybridized carbons (Fsp3) is 0.222. The SMILES string of the molecule is O=C(NCc1ccccn1)C1=C2CCCN2c2ccc(F)cc2S1(=O)=O. The van der Waals surface area contributed by atoms with E-state index < -0.39 is 21.6 Å². The van der Waals surface area contributed by atoms with Crippen LogP contribution in [0.1, 0.15) is 18.5 Å². The molecule has 3 heterocycles. The molecular formula is C18H16FN3O3S. The van der Waals surface area contributed by atoms with Crippen molar-refractivity contribution in [3.8, 4) is 0 Å². The van der Waals surface area contributed by atoms with Crippen molar-refractivity contribution in [3.05, 3.63) is 64.7 Å². The molecule has 8 heteroatoms. The lowest BCUT2D eigenvalue weighted by atomic mass is 10.2. The van der Waals surface area contributed by atoms with Gasteiger partial charge in [-0.1, -0.05) is 6.07 Å². The average Bonchev–Trinajstić information content (AvgIpc) is 3.09. The van der Waals surface area contributed by atoms with Crippen LogP contribution in [0.5, 0.6) is 0 Å². The highest BCUT2D eigenvalue weighted by molar-refractivity contribution is 7.96. The lowest BCUT2D eigenvalue weighted by Gasteiger charge is -2.30. The smallest absolute Gasteiger partial charge is 0.265 e. The van der Waals surface area contributed by atoms with Crippen LogP contribution in [0.3, 0.4) is 0 Å². The molecule has 0 atom stereocenters. The first-order valence-corrected chi connectivity index (χ1v) is 9.70. The van der Waals surface area contributed by atoms with Crippen LogP contribution in [0.25, 0.3) is 0 Å². The van der Waals surface area contributed by atoms with Gasteiger partial charge in [0.2, 0.25) is 9.84 Å². The van der Waals surface area contributed by atoms with Crippen molar-refractivity contribution in [3.63, 3.8) is 0 Å². The summed E-state index contributed by atoms with van der Waals surface area (Å²) in [6.45, 7) is 0.711. The van der Waals surface area contributed by atoms with Crippen LogP contribution in [0.4, 0.5) is 10.1 Å². The predicted octanol–water partition coefficient (Wildman–Crippen LogP) is 2.14. The Kier molecular flexibility index (Phi) is 3.99. The molecule has 0 bridgehead atoms. The quantitative estimate of drug-likeness (QED) is 0.892. The molecule has 2 aliphatic heterocycles. The molecule has 6 nitrogen and oxygen atoms in total. The zero-order valence-corrected chi connectivity index (χ0v) is 14.6. The van der Waals surface area contributed by atoms with Crippen molar-refractivity contribution < 1.29 is 17.6 Å². The van der Waals surface area contributed by atoms with E-state index in [4.69, 9.17) is 0 Å². The number of benzene rings is 1. The summed E-state index contributed by atoms with van der Waals surface area (Å²) >= 11 is 0. The summed E-state index contributed by atoms with van der Waals surface area (Å²) in [7, 11) is -4.10. The molecule has 0 saturated carbocycles. The number of hydrogen-bond donors (Lipinski definition) is 1. The van der Waals surface area contributed by atoms with Crippen LogP contribution < -0.4 is 10.2 Å². The Hall–Kier alpha value is -2.74. The number of nitrogens with zero attached hydrogens (tertiary/aromatic N) is 2. The molecule has 134 valence electrons. The summed E-state index contributed by atoms with van der Waals surface area (Å²) in [4.78, 5) is 18.2. The monoisotopic (exact) mass is 373 g/mol. The second-order valence-corrected chi connectivity index (χ2v) is 8.01. The van der Waals surface area contributed by atoms with Gasteiger partial charge >= 0.3 is 0 Å². The number of amides is 1. The molecule has 0 unspecified atom stereocenters. The van der Waals surface area contributed by atoms with Crippen LogP contribution in [-0.4, -0.2) is 25.9 Å². The third kappa shape index (κ3) is 2.66. The van der Waals surface area contributed by atoms with Crippen LogP contribution in [0.15, 0.2) is 58.1 Å². The average molecular weight is 373 g/mol. The van der Waals surface area contributed by atoms with E-state index in [2.05, 4.69) is 10.3 Å². The molecule has 4 rings (SSSR count). The molecule has 26 heavy (non-hydrogen) atoms. The lowest BCUT2D eigenvalue weighted by molar-refractivity contribution is -0.117. The molecule has 0 spiro atoms. The van der Waals surface area contributed by atoms with Gasteiger partial charge in [-0.05, 0) is 43.2 Å². The van der Waals surface area contributed by atoms with Gasteiger partial charge in [-0.25, -0.2) is 12.8 Å². The van der Waals surface area contributed by atoms with Gasteiger partial charge < -0.3 is 10.2 Å². The van der Waals surface area contributed by atoms with Crippen LogP contribution in [0.2, 0.25) is 0 Å². The van der Waals surface area contributed by atoms with Gasteiger partial charge in [-0.2, -0.15) is 0 Å². The number of halogens is 1. The summed E-state index contributed by atoms with van der Waals surface area (Å²) in [5.41, 5.74) is 1.53. The number of fused-ring (bicyclic) bond motifs is 3. The molecule has 1 aromatic carbocycles. The number of carbonyl (C=O) groups is 1. The summed E-state index contributed by atoms with van der Waals surface area (Å²) < 4.78 is 39.7. The Balaban J connectivity index is 1.73. The fourth-order valence-electron chi connectivity index (χ4n) is 3.37. The zero-order valence-electron chi connectivity index (χ0n) is 13.8. The maximum absolute atomic E-state index is 13.7. The van der Waals surface area contributed by atoms with Crippen molar-refractivity contribution in [2.24, 2.45) is 0 Å². The summed E-state index contributed by atoms with van der Waals surface area (Å²) in [5, 5.41) is 2.62. The molecule has 2 aliphatic rings. The number of pyridine rings is 1. The Labute approximate surface area is 150 Å². The van der Waals surface area contributed by atoms with E-state index in [0.717, 1.165) is 12.5 Å². The van der Waals surface area contributed by atoms with Crippen molar-refractivity contribution in [2.45, 2.75) is 24.3 Å². The van der Waals surface area contributed by atoms with E-state index in [1.54, 1.807) is 29.3 Å². The number of nitrogens with one attached hydrogen (secondary N) is 1. The maximum atomic E-state index is 13.7. The van der Waals surface area contributed by atoms with Crippen molar-refractivity contribution in [1.29, 1.82) is 0 Å². The molecule has 1 saturated heterocycles. The highest BCUT2D eigenvalue weighted by atomic mass is 32.2. The van der Waals surface area contributed by atoms with Crippen molar-refractivity contribution in [2.75, 3.05) is 11.4 Å². The topological polar surface area (TPSA) is 79.4 Å². The van der Waals surface area contributed by atoms with Crippen molar-refractivity contribution >= 4 is 21.4 Å². The minimum Gasteiger partial charge on any atom is -0.346 e. The van der Waals surface area contributed by atoms with E-state index >= 15 is 0 Å². The van der Waals surface area contributed by atoms with E-state index in [0.29, 0.717) is 30.0 Å². The predicted molar refractivity (Wildman–Crippen MR) is 93.3 cm³/mol. The highest BCUT2D eigenvalue weighted by Crippen LogP contribution is 2.43. The molecule has 1 fully saturated rings. The molecule has 0 radical (unpaired) electrons. The van der Waals surface area contributed by atoms with Crippen LogP contribution >= 0.6 is 0 Å². The van der Waals surface area contributed by atoms with Gasteiger partial charge in [0.1, 0.15) is 5.82 Å². The van der Waals surface area contributed by atoms with Gasteiger partial charge in [0.15, 0.2) is 4.91 Å². The molecular weight excluding hydrogens is 357 g/mol. The summed E-state index contributed by atoms with van der Waals surface area (Å²) in [6, 6.07) is 8.94. The van der Waals surface area contributed by atoms with Gasteiger partial charge in [0, 0.05) is 18.4 Å². The number of sulfone groups is 1. The molecule has 1 amide bonds. The van der Waals surface area contributed by atoms with Gasteiger partial charge in [-0.3, -0.25) is 9.78 Å². The van der Waals surface area contributed by atoms with Crippen LogP contribution in [-0.2, 0) is 21.2 Å². The zero-order chi connectivity index (χ0) is 18.3. The van der Waals surface area contributed by atoms with E-state index in [1.165, 1.54) is 12.1 Å². The largest absolute Gasteiger partial charge is 0.346 e. The second kappa shape index (κ2) is 6.21. The number of anilines is 1. The number of rotatable bonds is 3. The van der Waals surface area contributed by atoms with Crippen LogP contribution in [0, 0.1) is 5.82 Å². The molecule has 0 aliphatic carbocycles. The van der Waals surface area contributed by atoms with E-state index in [1.807, 2.05) is 0 Å². The number of allylic oxidation sites excluding steroid dienone is 1. The maximum Gasteiger partial charge on any atom is 0.265 e. The Morgan fingerprint density at radius 2 is 2.12 bits per heavy atom. The Morgan fingerprint density at radius 1 is 1.27 bits per heavy atom. The number of carbonyl (C=O) groups excluding carboxylic acids is 1. The molecule has 1 aromatic heterocycles. The number of hydrogen-bond acceptors (Lipinski definition) is 5. The fourth-order valence-corrected chi connectivity index (χ4v) is 5.15. The normalized spacial score (nSPS) is 17.7. The first kappa shape index (κ1) is 16.7. The molecule has 2 aromatic rings. The minimum atomic E-state index is -4.10. The summed E-state index contributed by atoms with van der Waals surface area (Å²) in [6.07, 6.45) is 2.82. The summed E-state index contributed by atoms with van der Waals surface area (Å²) in [5.74, 6) is -1.34. The second-order valence-electron chi connectivity index (χ2n) is 6.15. The third-order valence-electron chi connectivity index (χ3n) is 4.52. The van der Waals surface area contributed by atoms with E-state index in [9.17, 15) is 17.6 Å². The Morgan fingerprint density at radius 3 is 2.88 bits per heavy atom. The highest BCUT2D eigenvalue weighted by Gasteiger charge is 2.41. The lowest BCUT2D eigenvalue weighted by Crippen LogP contribution is -2.35. The van der Waals surface area contributed by atoms with Gasteiger partial charge in [0.25, 0.3) is 5.91 Å². The third-order valence-corrected chi connectivity index (χ3v) is 6.38. The first-order chi connectivity index (χ1) is 12.5. The van der Waals surface area contributed by atoms with Gasteiger partial charge in [-0.15, -0.1) is 0 Å². The van der Waals surface area contributed by atoms with Gasteiger partial charge in [0.05, 0.1) is 22.8 Å². The number of aromatic nitrogens is 1. The minimum absolute atomic E-state index is 0.113. The van der Waals surface area contributed by atoms with Crippen molar-refractivity contribution in [1.82, 2.24) is 10.3 Å². The first-order valence-electron chi connectivity index (χ1n) is 8.22.